The quantitative estimate of drug-likeness (QED) is 0.392. The Balaban J connectivity index is 0.00000192. The minimum absolute atomic E-state index is 0. The molecule has 1 aromatic rings. The van der Waals surface area contributed by atoms with Gasteiger partial charge in [0, 0.05) is 36.7 Å². The van der Waals surface area contributed by atoms with Crippen LogP contribution in [0.4, 0.5) is 0 Å². The Morgan fingerprint density at radius 3 is 2.74 bits per heavy atom. The SMILES string of the molecule is CN=C(NCc1cc(Br)ccc1OC)N1CCC2(CCC2)C1.I. The van der Waals surface area contributed by atoms with Crippen LogP contribution in [0.1, 0.15) is 31.2 Å². The fourth-order valence-corrected chi connectivity index (χ4v) is 4.00. The molecule has 1 saturated carbocycles. The van der Waals surface area contributed by atoms with Crippen molar-refractivity contribution in [3.63, 3.8) is 0 Å². The maximum absolute atomic E-state index is 5.44. The molecule has 6 heteroatoms. The molecule has 1 heterocycles. The van der Waals surface area contributed by atoms with Crippen LogP contribution in [0.2, 0.25) is 0 Å². The van der Waals surface area contributed by atoms with E-state index in [9.17, 15) is 0 Å². The zero-order valence-electron chi connectivity index (χ0n) is 13.8. The lowest BCUT2D eigenvalue weighted by atomic mass is 9.68. The number of likely N-dealkylation sites (tertiary alicyclic amines) is 1. The van der Waals surface area contributed by atoms with Crippen molar-refractivity contribution in [1.29, 1.82) is 0 Å². The van der Waals surface area contributed by atoms with Crippen LogP contribution in [0.3, 0.4) is 0 Å². The molecule has 1 saturated heterocycles. The third kappa shape index (κ3) is 4.13. The smallest absolute Gasteiger partial charge is 0.193 e. The van der Waals surface area contributed by atoms with Gasteiger partial charge in [-0.15, -0.1) is 24.0 Å². The molecule has 3 rings (SSSR count). The van der Waals surface area contributed by atoms with Gasteiger partial charge in [0.2, 0.25) is 0 Å². The second-order valence-electron chi connectivity index (χ2n) is 6.38. The van der Waals surface area contributed by atoms with Crippen molar-refractivity contribution in [3.8, 4) is 5.75 Å². The third-order valence-electron chi connectivity index (χ3n) is 5.04. The molecule has 2 aliphatic rings. The number of halogens is 2. The number of nitrogens with one attached hydrogen (secondary N) is 1. The highest BCUT2D eigenvalue weighted by molar-refractivity contribution is 14.0. The van der Waals surface area contributed by atoms with Crippen LogP contribution in [0.25, 0.3) is 0 Å². The highest BCUT2D eigenvalue weighted by Gasteiger charge is 2.43. The van der Waals surface area contributed by atoms with Gasteiger partial charge in [0.05, 0.1) is 7.11 Å². The van der Waals surface area contributed by atoms with Gasteiger partial charge < -0.3 is 15.0 Å². The Kier molecular flexibility index (Phi) is 6.59. The monoisotopic (exact) mass is 493 g/mol. The van der Waals surface area contributed by atoms with E-state index < -0.39 is 0 Å². The number of rotatable bonds is 3. The van der Waals surface area contributed by atoms with Crippen LogP contribution >= 0.6 is 39.9 Å². The standard InChI is InChI=1S/C17H24BrN3O.HI/c1-19-16(21-9-8-17(12-21)6-3-7-17)20-11-13-10-14(18)4-5-15(13)22-2;/h4-5,10H,3,6-9,11-12H2,1-2H3,(H,19,20);1H. The summed E-state index contributed by atoms with van der Waals surface area (Å²) in [6.07, 6.45) is 5.49. The van der Waals surface area contributed by atoms with Gasteiger partial charge in [-0.3, -0.25) is 4.99 Å². The van der Waals surface area contributed by atoms with Crippen LogP contribution < -0.4 is 10.1 Å². The molecule has 1 N–H and O–H groups in total. The zero-order valence-corrected chi connectivity index (χ0v) is 17.7. The van der Waals surface area contributed by atoms with Gasteiger partial charge in [0.1, 0.15) is 5.75 Å². The summed E-state index contributed by atoms with van der Waals surface area (Å²) in [4.78, 5) is 6.87. The average Bonchev–Trinajstić information content (AvgIpc) is 2.94. The molecular formula is C17H25BrIN3O. The summed E-state index contributed by atoms with van der Waals surface area (Å²) in [5, 5.41) is 3.49. The van der Waals surface area contributed by atoms with Gasteiger partial charge in [0.25, 0.3) is 0 Å². The molecular weight excluding hydrogens is 469 g/mol. The van der Waals surface area contributed by atoms with Crippen LogP contribution in [0.5, 0.6) is 5.75 Å². The number of aliphatic imine (C=N–C) groups is 1. The topological polar surface area (TPSA) is 36.9 Å². The van der Waals surface area contributed by atoms with Crippen LogP contribution in [0, 0.1) is 5.41 Å². The third-order valence-corrected chi connectivity index (χ3v) is 5.54. The predicted molar refractivity (Wildman–Crippen MR) is 109 cm³/mol. The van der Waals surface area contributed by atoms with Gasteiger partial charge in [-0.1, -0.05) is 22.4 Å². The van der Waals surface area contributed by atoms with Gasteiger partial charge in [-0.05, 0) is 42.9 Å². The molecule has 2 fully saturated rings. The van der Waals surface area contributed by atoms with E-state index in [1.165, 1.54) is 25.7 Å². The van der Waals surface area contributed by atoms with E-state index in [1.807, 2.05) is 19.2 Å². The lowest BCUT2D eigenvalue weighted by Gasteiger charge is -2.38. The van der Waals surface area contributed by atoms with Gasteiger partial charge >= 0.3 is 0 Å². The van der Waals surface area contributed by atoms with E-state index in [0.29, 0.717) is 5.41 Å². The highest BCUT2D eigenvalue weighted by atomic mass is 127. The van der Waals surface area contributed by atoms with Crippen molar-refractivity contribution in [2.24, 2.45) is 10.4 Å². The molecule has 1 spiro atoms. The first-order chi connectivity index (χ1) is 10.7. The van der Waals surface area contributed by atoms with Crippen molar-refractivity contribution < 1.29 is 4.74 Å². The average molecular weight is 494 g/mol. The Labute approximate surface area is 164 Å². The van der Waals surface area contributed by atoms with Crippen LogP contribution in [-0.4, -0.2) is 38.1 Å². The van der Waals surface area contributed by atoms with Gasteiger partial charge in [-0.25, -0.2) is 0 Å². The number of hydrogen-bond acceptors (Lipinski definition) is 2. The van der Waals surface area contributed by atoms with Crippen LogP contribution in [0.15, 0.2) is 27.7 Å². The van der Waals surface area contributed by atoms with Crippen molar-refractivity contribution in [3.05, 3.63) is 28.2 Å². The molecule has 0 unspecified atom stereocenters. The van der Waals surface area contributed by atoms with Crippen molar-refractivity contribution in [2.45, 2.75) is 32.2 Å². The highest BCUT2D eigenvalue weighted by Crippen LogP contribution is 2.47. The first-order valence-electron chi connectivity index (χ1n) is 7.94. The number of methoxy groups -OCH3 is 1. The zero-order chi connectivity index (χ0) is 15.6. The Morgan fingerprint density at radius 2 is 2.17 bits per heavy atom. The minimum atomic E-state index is 0. The molecule has 1 aliphatic carbocycles. The second kappa shape index (κ2) is 8.05. The summed E-state index contributed by atoms with van der Waals surface area (Å²) < 4.78 is 6.50. The predicted octanol–water partition coefficient (Wildman–Crippen LogP) is 4.03. The lowest BCUT2D eigenvalue weighted by molar-refractivity contribution is 0.151. The van der Waals surface area contributed by atoms with E-state index in [1.54, 1.807) is 7.11 Å². The molecule has 0 amide bonds. The molecule has 0 aromatic heterocycles. The number of benzene rings is 1. The summed E-state index contributed by atoms with van der Waals surface area (Å²) in [5.74, 6) is 1.91. The lowest BCUT2D eigenvalue weighted by Crippen LogP contribution is -2.42. The molecule has 4 nitrogen and oxygen atoms in total. The summed E-state index contributed by atoms with van der Waals surface area (Å²) in [7, 11) is 3.58. The molecule has 0 radical (unpaired) electrons. The number of nitrogens with zero attached hydrogens (tertiary/aromatic N) is 2. The fourth-order valence-electron chi connectivity index (χ4n) is 3.59. The van der Waals surface area contributed by atoms with E-state index in [-0.39, 0.29) is 24.0 Å². The maximum atomic E-state index is 5.44. The van der Waals surface area contributed by atoms with E-state index in [0.717, 1.165) is 41.4 Å². The largest absolute Gasteiger partial charge is 0.496 e. The second-order valence-corrected chi connectivity index (χ2v) is 7.30. The van der Waals surface area contributed by atoms with E-state index in [2.05, 4.69) is 37.2 Å². The Bertz CT molecular complexity index is 575. The van der Waals surface area contributed by atoms with Gasteiger partial charge in [-0.2, -0.15) is 0 Å². The molecule has 0 atom stereocenters. The van der Waals surface area contributed by atoms with Crippen molar-refractivity contribution >= 4 is 45.9 Å². The Morgan fingerprint density at radius 1 is 1.39 bits per heavy atom. The van der Waals surface area contributed by atoms with E-state index >= 15 is 0 Å². The summed E-state index contributed by atoms with van der Waals surface area (Å²) >= 11 is 3.52. The number of ether oxygens (including phenoxy) is 1. The summed E-state index contributed by atoms with van der Waals surface area (Å²) in [6, 6.07) is 6.08. The normalized spacial score (nSPS) is 19.3. The minimum Gasteiger partial charge on any atom is -0.496 e. The van der Waals surface area contributed by atoms with E-state index in [4.69, 9.17) is 4.74 Å². The summed E-state index contributed by atoms with van der Waals surface area (Å²) in [5.41, 5.74) is 1.72. The summed E-state index contributed by atoms with van der Waals surface area (Å²) in [6.45, 7) is 3.00. The molecule has 1 aromatic carbocycles. The molecule has 23 heavy (non-hydrogen) atoms. The molecule has 0 bridgehead atoms. The maximum Gasteiger partial charge on any atom is 0.193 e. The van der Waals surface area contributed by atoms with Crippen LogP contribution in [-0.2, 0) is 6.54 Å². The van der Waals surface area contributed by atoms with Crippen molar-refractivity contribution in [1.82, 2.24) is 10.2 Å². The number of guanidine groups is 1. The first kappa shape index (κ1) is 18.8. The molecule has 128 valence electrons. The first-order valence-corrected chi connectivity index (χ1v) is 8.73. The Hall–Kier alpha value is -0.500. The van der Waals surface area contributed by atoms with Crippen molar-refractivity contribution in [2.75, 3.05) is 27.2 Å². The fraction of sp³-hybridized carbons (Fsp3) is 0.588. The van der Waals surface area contributed by atoms with Gasteiger partial charge in [0.15, 0.2) is 5.96 Å². The molecule has 1 aliphatic heterocycles. The number of hydrogen-bond donors (Lipinski definition) is 1.